The molecule has 4 nitrogen and oxygen atoms in total. The minimum Gasteiger partial charge on any atom is -0.488 e. The van der Waals surface area contributed by atoms with Crippen molar-refractivity contribution in [2.75, 3.05) is 5.32 Å². The van der Waals surface area contributed by atoms with Crippen LogP contribution in [-0.4, -0.2) is 5.91 Å². The van der Waals surface area contributed by atoms with Gasteiger partial charge in [-0.15, -0.1) is 0 Å². The SMILES string of the molecule is Cc1ccc(COc2ccc(/C=C(\C#N)C(=O)Nc3cccc(Cl)c3C)cc2Br)cc1C. The summed E-state index contributed by atoms with van der Waals surface area (Å²) in [6, 6.07) is 18.9. The van der Waals surface area contributed by atoms with Crippen LogP contribution >= 0.6 is 27.5 Å². The molecule has 3 aromatic carbocycles. The highest BCUT2D eigenvalue weighted by molar-refractivity contribution is 9.10. The Morgan fingerprint density at radius 2 is 1.91 bits per heavy atom. The van der Waals surface area contributed by atoms with Crippen LogP contribution in [0.2, 0.25) is 5.02 Å². The standard InChI is InChI=1S/C26H22BrClN2O2/c1-16-7-8-20(11-17(16)2)15-32-25-10-9-19(13-22(25)27)12-21(14-29)26(31)30-24-6-4-5-23(28)18(24)3/h4-13H,15H2,1-3H3,(H,30,31)/b21-12+. The fourth-order valence-corrected chi connectivity index (χ4v) is 3.71. The zero-order chi connectivity index (χ0) is 23.3. The van der Waals surface area contributed by atoms with Gasteiger partial charge in [-0.25, -0.2) is 0 Å². The Morgan fingerprint density at radius 3 is 2.59 bits per heavy atom. The van der Waals surface area contributed by atoms with Crippen molar-refractivity contribution in [3.63, 3.8) is 0 Å². The molecule has 0 unspecified atom stereocenters. The van der Waals surface area contributed by atoms with Gasteiger partial charge in [0.25, 0.3) is 5.91 Å². The summed E-state index contributed by atoms with van der Waals surface area (Å²) in [6.45, 7) is 6.41. The van der Waals surface area contributed by atoms with Crippen LogP contribution < -0.4 is 10.1 Å². The largest absolute Gasteiger partial charge is 0.488 e. The van der Waals surface area contributed by atoms with Gasteiger partial charge in [-0.3, -0.25) is 4.79 Å². The zero-order valence-corrected chi connectivity index (χ0v) is 20.3. The maximum atomic E-state index is 12.6. The second kappa shape index (κ2) is 10.5. The van der Waals surface area contributed by atoms with Crippen molar-refractivity contribution in [2.24, 2.45) is 0 Å². The lowest BCUT2D eigenvalue weighted by molar-refractivity contribution is -0.112. The molecule has 1 amide bonds. The molecule has 0 aromatic heterocycles. The maximum Gasteiger partial charge on any atom is 0.266 e. The molecule has 0 aliphatic rings. The minimum atomic E-state index is -0.496. The molecule has 0 spiro atoms. The lowest BCUT2D eigenvalue weighted by Crippen LogP contribution is -2.14. The summed E-state index contributed by atoms with van der Waals surface area (Å²) in [6.07, 6.45) is 1.53. The van der Waals surface area contributed by atoms with Crippen LogP contribution in [0, 0.1) is 32.1 Å². The number of carbonyl (C=O) groups excluding carboxylic acids is 1. The molecule has 0 heterocycles. The van der Waals surface area contributed by atoms with E-state index in [1.165, 1.54) is 17.2 Å². The lowest BCUT2D eigenvalue weighted by Gasteiger charge is -2.11. The van der Waals surface area contributed by atoms with Gasteiger partial charge in [-0.1, -0.05) is 41.9 Å². The van der Waals surface area contributed by atoms with Gasteiger partial charge in [0.2, 0.25) is 0 Å². The zero-order valence-electron chi connectivity index (χ0n) is 18.0. The molecule has 0 aliphatic carbocycles. The van der Waals surface area contributed by atoms with E-state index in [0.29, 0.717) is 28.6 Å². The minimum absolute atomic E-state index is 0.0138. The molecular weight excluding hydrogens is 488 g/mol. The first-order valence-electron chi connectivity index (χ1n) is 9.95. The fraction of sp³-hybridized carbons (Fsp3) is 0.154. The monoisotopic (exact) mass is 508 g/mol. The van der Waals surface area contributed by atoms with E-state index in [2.05, 4.69) is 47.2 Å². The van der Waals surface area contributed by atoms with E-state index in [4.69, 9.17) is 16.3 Å². The predicted octanol–water partition coefficient (Wildman–Crippen LogP) is 7.15. The number of nitriles is 1. The van der Waals surface area contributed by atoms with Crippen molar-refractivity contribution >= 4 is 45.2 Å². The van der Waals surface area contributed by atoms with Gasteiger partial charge in [-0.05, 0) is 94.9 Å². The molecule has 0 atom stereocenters. The van der Waals surface area contributed by atoms with Crippen LogP contribution in [0.3, 0.4) is 0 Å². The molecule has 0 radical (unpaired) electrons. The van der Waals surface area contributed by atoms with Crippen molar-refractivity contribution in [3.8, 4) is 11.8 Å². The van der Waals surface area contributed by atoms with E-state index in [9.17, 15) is 10.1 Å². The average molecular weight is 510 g/mol. The van der Waals surface area contributed by atoms with Gasteiger partial charge >= 0.3 is 0 Å². The average Bonchev–Trinajstić information content (AvgIpc) is 2.76. The van der Waals surface area contributed by atoms with E-state index < -0.39 is 5.91 Å². The van der Waals surface area contributed by atoms with Gasteiger partial charge in [0.1, 0.15) is 24.0 Å². The summed E-state index contributed by atoms with van der Waals surface area (Å²) in [5.74, 6) is 0.182. The number of carbonyl (C=O) groups is 1. The van der Waals surface area contributed by atoms with E-state index in [1.54, 1.807) is 24.3 Å². The summed E-state index contributed by atoms with van der Waals surface area (Å²) in [7, 11) is 0. The number of benzene rings is 3. The molecular formula is C26H22BrClN2O2. The number of ether oxygens (including phenoxy) is 1. The smallest absolute Gasteiger partial charge is 0.266 e. The van der Waals surface area contributed by atoms with Crippen LogP contribution in [0.25, 0.3) is 6.08 Å². The Bertz CT molecular complexity index is 1250. The molecule has 1 N–H and O–H groups in total. The second-order valence-electron chi connectivity index (χ2n) is 7.43. The number of aryl methyl sites for hydroxylation is 2. The lowest BCUT2D eigenvalue weighted by atomic mass is 10.1. The van der Waals surface area contributed by atoms with E-state index in [1.807, 2.05) is 31.2 Å². The highest BCUT2D eigenvalue weighted by Gasteiger charge is 2.12. The third kappa shape index (κ3) is 5.79. The maximum absolute atomic E-state index is 12.6. The molecule has 0 fully saturated rings. The third-order valence-corrected chi connectivity index (χ3v) is 6.14. The van der Waals surface area contributed by atoms with Gasteiger partial charge in [0.05, 0.1) is 4.47 Å². The fourth-order valence-electron chi connectivity index (χ4n) is 3.03. The third-order valence-electron chi connectivity index (χ3n) is 5.11. The summed E-state index contributed by atoms with van der Waals surface area (Å²) < 4.78 is 6.67. The molecule has 3 aromatic rings. The number of hydrogen-bond donors (Lipinski definition) is 1. The summed E-state index contributed by atoms with van der Waals surface area (Å²) >= 11 is 9.62. The molecule has 6 heteroatoms. The molecule has 3 rings (SSSR count). The predicted molar refractivity (Wildman–Crippen MR) is 133 cm³/mol. The van der Waals surface area contributed by atoms with E-state index >= 15 is 0 Å². The highest BCUT2D eigenvalue weighted by Crippen LogP contribution is 2.28. The Kier molecular flexibility index (Phi) is 7.74. The summed E-state index contributed by atoms with van der Waals surface area (Å²) in [5, 5.41) is 12.8. The van der Waals surface area contributed by atoms with Gasteiger partial charge in [0, 0.05) is 10.7 Å². The van der Waals surface area contributed by atoms with Crippen LogP contribution in [0.4, 0.5) is 5.69 Å². The number of nitrogens with zero attached hydrogens (tertiary/aromatic N) is 1. The van der Waals surface area contributed by atoms with Crippen molar-refractivity contribution in [3.05, 3.63) is 97.5 Å². The van der Waals surface area contributed by atoms with Crippen LogP contribution in [0.15, 0.2) is 64.6 Å². The van der Waals surface area contributed by atoms with E-state index in [-0.39, 0.29) is 5.57 Å². The molecule has 0 bridgehead atoms. The Labute approximate surface area is 201 Å². The number of nitrogens with one attached hydrogen (secondary N) is 1. The van der Waals surface area contributed by atoms with Crippen molar-refractivity contribution < 1.29 is 9.53 Å². The second-order valence-corrected chi connectivity index (χ2v) is 8.70. The Balaban J connectivity index is 1.73. The summed E-state index contributed by atoms with van der Waals surface area (Å²) in [4.78, 5) is 12.6. The van der Waals surface area contributed by atoms with Crippen LogP contribution in [0.5, 0.6) is 5.75 Å². The van der Waals surface area contributed by atoms with Crippen LogP contribution in [-0.2, 0) is 11.4 Å². The number of amides is 1. The molecule has 0 saturated carbocycles. The number of halogens is 2. The first kappa shape index (κ1) is 23.6. The van der Waals surface area contributed by atoms with Gasteiger partial charge in [-0.2, -0.15) is 5.26 Å². The van der Waals surface area contributed by atoms with Crippen LogP contribution in [0.1, 0.15) is 27.8 Å². The molecule has 162 valence electrons. The van der Waals surface area contributed by atoms with Gasteiger partial charge in [0.15, 0.2) is 0 Å². The number of rotatable bonds is 6. The molecule has 0 saturated heterocycles. The Morgan fingerprint density at radius 1 is 1.12 bits per heavy atom. The Hall–Kier alpha value is -3.07. The quantitative estimate of drug-likeness (QED) is 0.283. The summed E-state index contributed by atoms with van der Waals surface area (Å²) in [5.41, 5.74) is 5.55. The van der Waals surface area contributed by atoms with E-state index in [0.717, 1.165) is 15.6 Å². The number of anilines is 1. The van der Waals surface area contributed by atoms with Crippen molar-refractivity contribution in [1.29, 1.82) is 5.26 Å². The molecule has 0 aliphatic heterocycles. The topological polar surface area (TPSA) is 62.1 Å². The van der Waals surface area contributed by atoms with Gasteiger partial charge < -0.3 is 10.1 Å². The highest BCUT2D eigenvalue weighted by atomic mass is 79.9. The molecule has 32 heavy (non-hydrogen) atoms. The first-order chi connectivity index (χ1) is 15.3. The number of hydrogen-bond acceptors (Lipinski definition) is 3. The first-order valence-corrected chi connectivity index (χ1v) is 11.1. The van der Waals surface area contributed by atoms with Crippen molar-refractivity contribution in [1.82, 2.24) is 0 Å². The normalized spacial score (nSPS) is 11.1. The van der Waals surface area contributed by atoms with Crippen molar-refractivity contribution in [2.45, 2.75) is 27.4 Å².